The number of carbonyl (C=O) groups excluding carboxylic acids is 2. The van der Waals surface area contributed by atoms with Crippen LogP contribution in [0.25, 0.3) is 0 Å². The lowest BCUT2D eigenvalue weighted by atomic mass is 10.1. The van der Waals surface area contributed by atoms with Crippen LogP contribution in [0.1, 0.15) is 48.0 Å². The summed E-state index contributed by atoms with van der Waals surface area (Å²) >= 11 is 0. The number of hydrogen-bond donors (Lipinski definition) is 3. The average Bonchev–Trinajstić information content (AvgIpc) is 3.78. The number of aliphatic carboxylic acids is 1. The Balaban J connectivity index is 0.000000405. The molecule has 8 nitrogen and oxygen atoms in total. The molecule has 198 valence electrons. The van der Waals surface area contributed by atoms with Crippen molar-refractivity contribution in [2.24, 2.45) is 5.92 Å². The van der Waals surface area contributed by atoms with E-state index in [4.69, 9.17) is 14.6 Å². The molecule has 2 atom stereocenters. The highest BCUT2D eigenvalue weighted by molar-refractivity contribution is 6.05. The number of likely N-dealkylation sites (N-methyl/N-ethyl adjacent to an activating group) is 1. The third-order valence-corrected chi connectivity index (χ3v) is 6.45. The van der Waals surface area contributed by atoms with Crippen LogP contribution in [0.2, 0.25) is 0 Å². The van der Waals surface area contributed by atoms with Gasteiger partial charge in [-0.05, 0) is 68.5 Å². The molecular formula is C26H28F3N3O5. The summed E-state index contributed by atoms with van der Waals surface area (Å²) in [6.45, 7) is 3.67. The number of nitrogens with zero attached hydrogens (tertiary/aromatic N) is 1. The van der Waals surface area contributed by atoms with Gasteiger partial charge >= 0.3 is 12.1 Å². The zero-order chi connectivity index (χ0) is 26.7. The van der Waals surface area contributed by atoms with Crippen molar-refractivity contribution in [3.63, 3.8) is 0 Å². The van der Waals surface area contributed by atoms with Crippen LogP contribution in [0.3, 0.4) is 0 Å². The fourth-order valence-electron chi connectivity index (χ4n) is 4.17. The Bertz CT molecular complexity index is 1180. The van der Waals surface area contributed by atoms with E-state index < -0.39 is 12.1 Å². The predicted octanol–water partition coefficient (Wildman–Crippen LogP) is 4.17. The summed E-state index contributed by atoms with van der Waals surface area (Å²) in [5, 5.41) is 13.7. The molecule has 0 aromatic heterocycles. The highest BCUT2D eigenvalue weighted by atomic mass is 19.4. The maximum Gasteiger partial charge on any atom is 0.490 e. The van der Waals surface area contributed by atoms with Gasteiger partial charge in [-0.25, -0.2) is 4.79 Å². The molecule has 3 N–H and O–H groups in total. The van der Waals surface area contributed by atoms with Crippen LogP contribution in [0.5, 0.6) is 5.75 Å². The highest BCUT2D eigenvalue weighted by Crippen LogP contribution is 2.42. The molecule has 0 saturated heterocycles. The first-order valence-corrected chi connectivity index (χ1v) is 12.1. The zero-order valence-corrected chi connectivity index (χ0v) is 20.2. The average molecular weight is 520 g/mol. The number of nitrogens with one attached hydrogen (secondary N) is 2. The van der Waals surface area contributed by atoms with Gasteiger partial charge in [0, 0.05) is 35.8 Å². The van der Waals surface area contributed by atoms with Crippen molar-refractivity contribution in [2.45, 2.75) is 44.3 Å². The molecule has 2 unspecified atom stereocenters. The Labute approximate surface area is 211 Å². The predicted molar refractivity (Wildman–Crippen MR) is 130 cm³/mol. The number of carbonyl (C=O) groups is 3. The molecule has 2 saturated carbocycles. The van der Waals surface area contributed by atoms with Crippen molar-refractivity contribution in [2.75, 3.05) is 29.9 Å². The maximum atomic E-state index is 12.8. The Morgan fingerprint density at radius 1 is 1.16 bits per heavy atom. The summed E-state index contributed by atoms with van der Waals surface area (Å²) < 4.78 is 37.3. The second kappa shape index (κ2) is 10.8. The molecule has 0 bridgehead atoms. The molecule has 2 aromatic carbocycles. The summed E-state index contributed by atoms with van der Waals surface area (Å²) in [5.74, 6) is -0.946. The summed E-state index contributed by atoms with van der Waals surface area (Å²) in [4.78, 5) is 35.4. The number of amides is 2. The van der Waals surface area contributed by atoms with Crippen molar-refractivity contribution >= 4 is 29.2 Å². The van der Waals surface area contributed by atoms with E-state index >= 15 is 0 Å². The van der Waals surface area contributed by atoms with E-state index in [0.29, 0.717) is 35.5 Å². The molecule has 0 spiro atoms. The third-order valence-electron chi connectivity index (χ3n) is 6.45. The number of fused-ring (bicyclic) bond motifs is 1. The number of rotatable bonds is 7. The number of halogens is 3. The second-order valence-corrected chi connectivity index (χ2v) is 9.29. The van der Waals surface area contributed by atoms with Gasteiger partial charge in [0.05, 0.1) is 5.69 Å². The number of carboxylic acid groups (broad SMARTS) is 1. The molecule has 1 aliphatic heterocycles. The molecule has 5 rings (SSSR count). The van der Waals surface area contributed by atoms with E-state index in [9.17, 15) is 22.8 Å². The second-order valence-electron chi connectivity index (χ2n) is 9.29. The van der Waals surface area contributed by atoms with Crippen LogP contribution in [0, 0.1) is 5.92 Å². The Kier molecular flexibility index (Phi) is 7.72. The van der Waals surface area contributed by atoms with Gasteiger partial charge in [-0.2, -0.15) is 13.2 Å². The summed E-state index contributed by atoms with van der Waals surface area (Å²) in [6, 6.07) is 13.9. The van der Waals surface area contributed by atoms with E-state index in [1.165, 1.54) is 18.4 Å². The van der Waals surface area contributed by atoms with Crippen molar-refractivity contribution in [3.05, 3.63) is 53.6 Å². The standard InChI is InChI=1S/C24H27N3O3.C2HF3O2/c1-2-27-21-9-8-18(11-22(21)30-14-23(27)28)26-24(29)17-5-3-4-16(10-17)19-12-20(19)25-13-15-6-7-15;3-2(4,5)1(6)7/h3-5,8-11,15,19-20,25H,2,6-7,12-14H2,1H3,(H,26,29);(H,6,7). The Morgan fingerprint density at radius 3 is 2.54 bits per heavy atom. The maximum absolute atomic E-state index is 12.8. The minimum absolute atomic E-state index is 0.0254. The molecular weight excluding hydrogens is 491 g/mol. The van der Waals surface area contributed by atoms with E-state index in [2.05, 4.69) is 16.7 Å². The highest BCUT2D eigenvalue weighted by Gasteiger charge is 2.39. The smallest absolute Gasteiger partial charge is 0.481 e. The van der Waals surface area contributed by atoms with E-state index in [1.807, 2.05) is 37.3 Å². The van der Waals surface area contributed by atoms with Gasteiger partial charge in [-0.3, -0.25) is 9.59 Å². The van der Waals surface area contributed by atoms with Crippen LogP contribution in [0.4, 0.5) is 24.5 Å². The molecule has 37 heavy (non-hydrogen) atoms. The lowest BCUT2D eigenvalue weighted by molar-refractivity contribution is -0.192. The quantitative estimate of drug-likeness (QED) is 0.507. The van der Waals surface area contributed by atoms with Crippen LogP contribution < -0.4 is 20.3 Å². The minimum Gasteiger partial charge on any atom is -0.481 e. The van der Waals surface area contributed by atoms with E-state index in [1.54, 1.807) is 11.0 Å². The van der Waals surface area contributed by atoms with Crippen molar-refractivity contribution in [1.82, 2.24) is 5.32 Å². The molecule has 2 amide bonds. The zero-order valence-electron chi connectivity index (χ0n) is 20.2. The van der Waals surface area contributed by atoms with Crippen molar-refractivity contribution < 1.29 is 37.4 Å². The fraction of sp³-hybridized carbons (Fsp3) is 0.423. The van der Waals surface area contributed by atoms with Gasteiger partial charge < -0.3 is 25.4 Å². The van der Waals surface area contributed by atoms with Gasteiger partial charge in [-0.1, -0.05) is 12.1 Å². The van der Waals surface area contributed by atoms with E-state index in [-0.39, 0.29) is 18.4 Å². The molecule has 3 aliphatic rings. The van der Waals surface area contributed by atoms with Crippen molar-refractivity contribution in [3.8, 4) is 5.75 Å². The van der Waals surface area contributed by atoms with Crippen LogP contribution in [-0.4, -0.2) is 54.8 Å². The summed E-state index contributed by atoms with van der Waals surface area (Å²) in [6.07, 6.45) is -1.21. The third kappa shape index (κ3) is 6.79. The monoisotopic (exact) mass is 519 g/mol. The number of alkyl halides is 3. The molecule has 2 aromatic rings. The van der Waals surface area contributed by atoms with E-state index in [0.717, 1.165) is 24.6 Å². The van der Waals surface area contributed by atoms with Gasteiger partial charge in [0.15, 0.2) is 6.61 Å². The molecule has 2 aliphatic carbocycles. The normalized spacial score (nSPS) is 20.2. The Hall–Kier alpha value is -3.60. The Morgan fingerprint density at radius 2 is 1.89 bits per heavy atom. The minimum atomic E-state index is -5.08. The first-order chi connectivity index (χ1) is 17.6. The summed E-state index contributed by atoms with van der Waals surface area (Å²) in [7, 11) is 0. The van der Waals surface area contributed by atoms with Gasteiger partial charge in [-0.15, -0.1) is 0 Å². The molecule has 2 fully saturated rings. The first-order valence-electron chi connectivity index (χ1n) is 12.1. The molecule has 0 radical (unpaired) electrons. The van der Waals surface area contributed by atoms with Gasteiger partial charge in [0.1, 0.15) is 5.75 Å². The molecule has 1 heterocycles. The van der Waals surface area contributed by atoms with Gasteiger partial charge in [0.25, 0.3) is 11.8 Å². The lowest BCUT2D eigenvalue weighted by Crippen LogP contribution is -2.38. The van der Waals surface area contributed by atoms with Crippen LogP contribution in [-0.2, 0) is 9.59 Å². The SMILES string of the molecule is CCN1C(=O)COc2cc(NC(=O)c3cccc(C4CC4NCC4CC4)c3)ccc21.O=C(O)C(F)(F)F. The van der Waals surface area contributed by atoms with Gasteiger partial charge in [0.2, 0.25) is 0 Å². The number of ether oxygens (including phenoxy) is 1. The number of carboxylic acids is 1. The fourth-order valence-corrected chi connectivity index (χ4v) is 4.17. The van der Waals surface area contributed by atoms with Crippen molar-refractivity contribution in [1.29, 1.82) is 0 Å². The van der Waals surface area contributed by atoms with Crippen LogP contribution in [0.15, 0.2) is 42.5 Å². The number of benzene rings is 2. The number of anilines is 2. The largest absolute Gasteiger partial charge is 0.490 e. The first kappa shape index (κ1) is 26.5. The number of hydrogen-bond acceptors (Lipinski definition) is 5. The molecule has 11 heteroatoms. The van der Waals surface area contributed by atoms with Crippen LogP contribution >= 0.6 is 0 Å². The lowest BCUT2D eigenvalue weighted by Gasteiger charge is -2.28. The topological polar surface area (TPSA) is 108 Å². The summed E-state index contributed by atoms with van der Waals surface area (Å²) in [5.41, 5.74) is 3.28.